The zero-order valence-electron chi connectivity index (χ0n) is 13.3. The Morgan fingerprint density at radius 1 is 1.12 bits per heavy atom. The van der Waals surface area contributed by atoms with Crippen LogP contribution in [0, 0.1) is 0 Å². The van der Waals surface area contributed by atoms with Crippen LogP contribution in [-0.4, -0.2) is 28.3 Å². The predicted octanol–water partition coefficient (Wildman–Crippen LogP) is 3.27. The molecule has 0 aliphatic carbocycles. The van der Waals surface area contributed by atoms with Crippen LogP contribution in [0.4, 0.5) is 0 Å². The van der Waals surface area contributed by atoms with Crippen molar-refractivity contribution in [1.82, 2.24) is 14.5 Å². The fourth-order valence-electron chi connectivity index (χ4n) is 2.86. The first-order chi connectivity index (χ1) is 11.8. The van der Waals surface area contributed by atoms with Gasteiger partial charge in [-0.1, -0.05) is 18.2 Å². The summed E-state index contributed by atoms with van der Waals surface area (Å²) in [5.41, 5.74) is 3.04. The summed E-state index contributed by atoms with van der Waals surface area (Å²) >= 11 is 0. The number of aromatic nitrogens is 3. The third kappa shape index (κ3) is 2.65. The maximum atomic E-state index is 5.92. The Kier molecular flexibility index (Phi) is 3.75. The molecule has 24 heavy (non-hydrogen) atoms. The van der Waals surface area contributed by atoms with E-state index in [9.17, 15) is 0 Å². The van der Waals surface area contributed by atoms with Crippen LogP contribution in [0.2, 0.25) is 0 Å². The smallest absolute Gasteiger partial charge is 0.168 e. The highest BCUT2D eigenvalue weighted by Crippen LogP contribution is 2.37. The Balaban J connectivity index is 1.68. The summed E-state index contributed by atoms with van der Waals surface area (Å²) in [7, 11) is 1.65. The standard InChI is InChI=1S/C19H17N3O2/c1-23-17-7-4-5-14-11-15(13-24-18(14)17)19-21-9-10-22(19)12-16-6-2-3-8-20-16/h2-11H,12-13H2,1H3. The lowest BCUT2D eigenvalue weighted by Gasteiger charge is -2.20. The molecule has 120 valence electrons. The topological polar surface area (TPSA) is 49.2 Å². The highest BCUT2D eigenvalue weighted by atomic mass is 16.5. The van der Waals surface area contributed by atoms with Crippen LogP contribution in [0.15, 0.2) is 55.0 Å². The number of nitrogens with zero attached hydrogens (tertiary/aromatic N) is 3. The molecule has 5 heteroatoms. The van der Waals surface area contributed by atoms with Crippen molar-refractivity contribution in [3.63, 3.8) is 0 Å². The van der Waals surface area contributed by atoms with Crippen LogP contribution in [0.25, 0.3) is 11.6 Å². The van der Waals surface area contributed by atoms with E-state index in [2.05, 4.69) is 20.6 Å². The summed E-state index contributed by atoms with van der Waals surface area (Å²) in [5.74, 6) is 2.43. The first kappa shape index (κ1) is 14.5. The van der Waals surface area contributed by atoms with Crippen molar-refractivity contribution in [2.24, 2.45) is 0 Å². The highest BCUT2D eigenvalue weighted by Gasteiger charge is 2.19. The van der Waals surface area contributed by atoms with Crippen molar-refractivity contribution in [3.8, 4) is 11.5 Å². The van der Waals surface area contributed by atoms with Crippen molar-refractivity contribution in [1.29, 1.82) is 0 Å². The van der Waals surface area contributed by atoms with Crippen molar-refractivity contribution >= 4 is 11.6 Å². The minimum absolute atomic E-state index is 0.465. The quantitative estimate of drug-likeness (QED) is 0.740. The van der Waals surface area contributed by atoms with Gasteiger partial charge >= 0.3 is 0 Å². The SMILES string of the molecule is COc1cccc2c1OCC(c1nccn1Cc1ccccn1)=C2. The highest BCUT2D eigenvalue weighted by molar-refractivity contribution is 5.84. The van der Waals surface area contributed by atoms with Crippen LogP contribution in [0.5, 0.6) is 11.5 Å². The van der Waals surface area contributed by atoms with Crippen molar-refractivity contribution in [3.05, 3.63) is 72.1 Å². The first-order valence-corrected chi connectivity index (χ1v) is 7.77. The Labute approximate surface area is 140 Å². The molecule has 0 N–H and O–H groups in total. The molecule has 0 unspecified atom stereocenters. The molecule has 3 heterocycles. The molecule has 0 amide bonds. The van der Waals surface area contributed by atoms with E-state index in [1.54, 1.807) is 19.5 Å². The van der Waals surface area contributed by atoms with E-state index in [1.165, 1.54) is 0 Å². The molecular formula is C19H17N3O2. The molecule has 3 aromatic rings. The van der Waals surface area contributed by atoms with Gasteiger partial charge in [-0.2, -0.15) is 0 Å². The van der Waals surface area contributed by atoms with Gasteiger partial charge in [0.2, 0.25) is 0 Å². The summed E-state index contributed by atoms with van der Waals surface area (Å²) in [6.45, 7) is 1.14. The molecule has 0 saturated carbocycles. The van der Waals surface area contributed by atoms with Gasteiger partial charge in [0.1, 0.15) is 12.4 Å². The number of methoxy groups -OCH3 is 1. The second kappa shape index (κ2) is 6.20. The van der Waals surface area contributed by atoms with E-state index in [0.29, 0.717) is 13.2 Å². The third-order valence-electron chi connectivity index (χ3n) is 3.99. The van der Waals surface area contributed by atoms with Crippen LogP contribution >= 0.6 is 0 Å². The second-order valence-electron chi connectivity index (χ2n) is 5.54. The molecule has 0 radical (unpaired) electrons. The number of hydrogen-bond acceptors (Lipinski definition) is 4. The number of fused-ring (bicyclic) bond motifs is 1. The molecule has 4 rings (SSSR count). The minimum Gasteiger partial charge on any atom is -0.493 e. The van der Waals surface area contributed by atoms with Gasteiger partial charge in [0.15, 0.2) is 11.5 Å². The number of ether oxygens (including phenoxy) is 2. The van der Waals surface area contributed by atoms with E-state index in [4.69, 9.17) is 9.47 Å². The van der Waals surface area contributed by atoms with E-state index < -0.39 is 0 Å². The van der Waals surface area contributed by atoms with E-state index >= 15 is 0 Å². The van der Waals surface area contributed by atoms with Crippen LogP contribution in [-0.2, 0) is 6.54 Å². The number of pyridine rings is 1. The zero-order chi connectivity index (χ0) is 16.4. The fraction of sp³-hybridized carbons (Fsp3) is 0.158. The van der Waals surface area contributed by atoms with Gasteiger partial charge in [-0.25, -0.2) is 4.98 Å². The van der Waals surface area contributed by atoms with Crippen LogP contribution in [0.1, 0.15) is 17.1 Å². The van der Waals surface area contributed by atoms with Gasteiger partial charge in [0, 0.05) is 29.7 Å². The number of para-hydroxylation sites is 1. The molecule has 1 aromatic carbocycles. The molecule has 0 fully saturated rings. The van der Waals surface area contributed by atoms with Gasteiger partial charge in [0.25, 0.3) is 0 Å². The summed E-state index contributed by atoms with van der Waals surface area (Å²) in [5, 5.41) is 0. The van der Waals surface area contributed by atoms with Gasteiger partial charge in [-0.15, -0.1) is 0 Å². The normalized spacial score (nSPS) is 13.0. The van der Waals surface area contributed by atoms with Crippen molar-refractivity contribution < 1.29 is 9.47 Å². The third-order valence-corrected chi connectivity index (χ3v) is 3.99. The lowest BCUT2D eigenvalue weighted by atomic mass is 10.1. The van der Waals surface area contributed by atoms with Crippen molar-refractivity contribution in [2.45, 2.75) is 6.54 Å². The Morgan fingerprint density at radius 2 is 2.08 bits per heavy atom. The molecule has 1 aliphatic rings. The van der Waals surface area contributed by atoms with Crippen LogP contribution in [0.3, 0.4) is 0 Å². The molecule has 5 nitrogen and oxygen atoms in total. The number of rotatable bonds is 4. The summed E-state index contributed by atoms with van der Waals surface area (Å²) < 4.78 is 13.4. The largest absolute Gasteiger partial charge is 0.493 e. The lowest BCUT2D eigenvalue weighted by Crippen LogP contribution is -2.12. The Hall–Kier alpha value is -3.08. The number of benzene rings is 1. The molecule has 0 atom stereocenters. The second-order valence-corrected chi connectivity index (χ2v) is 5.54. The minimum atomic E-state index is 0.465. The maximum absolute atomic E-state index is 5.92. The maximum Gasteiger partial charge on any atom is 0.168 e. The average molecular weight is 319 g/mol. The molecule has 0 saturated heterocycles. The lowest BCUT2D eigenvalue weighted by molar-refractivity contribution is 0.327. The molecule has 0 bridgehead atoms. The van der Waals surface area contributed by atoms with Crippen molar-refractivity contribution in [2.75, 3.05) is 13.7 Å². The van der Waals surface area contributed by atoms with Crippen LogP contribution < -0.4 is 9.47 Å². The monoisotopic (exact) mass is 319 g/mol. The zero-order valence-corrected chi connectivity index (χ0v) is 13.3. The van der Waals surface area contributed by atoms with E-state index in [1.807, 2.05) is 42.6 Å². The number of hydrogen-bond donors (Lipinski definition) is 0. The molecule has 2 aromatic heterocycles. The predicted molar refractivity (Wildman–Crippen MR) is 91.9 cm³/mol. The summed E-state index contributed by atoms with van der Waals surface area (Å²) in [6.07, 6.45) is 7.68. The average Bonchev–Trinajstić information content (AvgIpc) is 3.09. The Bertz CT molecular complexity index is 885. The van der Waals surface area contributed by atoms with E-state index in [0.717, 1.165) is 34.2 Å². The van der Waals surface area contributed by atoms with Gasteiger partial charge < -0.3 is 14.0 Å². The number of imidazole rings is 1. The molecule has 1 aliphatic heterocycles. The van der Waals surface area contributed by atoms with Gasteiger partial charge in [-0.05, 0) is 24.3 Å². The summed E-state index contributed by atoms with van der Waals surface area (Å²) in [4.78, 5) is 8.89. The molecule has 0 spiro atoms. The Morgan fingerprint density at radius 3 is 2.92 bits per heavy atom. The fourth-order valence-corrected chi connectivity index (χ4v) is 2.86. The van der Waals surface area contributed by atoms with E-state index in [-0.39, 0.29) is 0 Å². The van der Waals surface area contributed by atoms with Gasteiger partial charge in [0.05, 0.1) is 19.3 Å². The van der Waals surface area contributed by atoms with Gasteiger partial charge in [-0.3, -0.25) is 4.98 Å². The first-order valence-electron chi connectivity index (χ1n) is 7.77. The molecular weight excluding hydrogens is 302 g/mol. The summed E-state index contributed by atoms with van der Waals surface area (Å²) in [6, 6.07) is 11.8.